The molecule has 11 heteroatoms. The smallest absolute Gasteiger partial charge is 0.338 e. The summed E-state index contributed by atoms with van der Waals surface area (Å²) >= 11 is 0. The van der Waals surface area contributed by atoms with Gasteiger partial charge in [-0.05, 0) is 79.6 Å². The Bertz CT molecular complexity index is 1430. The number of imide groups is 1. The van der Waals surface area contributed by atoms with E-state index in [0.717, 1.165) is 22.6 Å². The number of ether oxygens (including phenoxy) is 3. The Balaban J connectivity index is 1.53. The highest BCUT2D eigenvalue weighted by Gasteiger charge is 2.46. The first-order valence-electron chi connectivity index (χ1n) is 12.9. The molecule has 1 N–H and O–H groups in total. The number of rotatable bonds is 11. The number of anilines is 2. The number of hydrogen-bond donors (Lipinski definition) is 1. The summed E-state index contributed by atoms with van der Waals surface area (Å²) in [4.78, 5) is 54.1. The maximum absolute atomic E-state index is 13.5. The molecule has 1 aliphatic rings. The van der Waals surface area contributed by atoms with Gasteiger partial charge in [-0.25, -0.2) is 18.9 Å². The summed E-state index contributed by atoms with van der Waals surface area (Å²) in [7, 11) is 3.05. The minimum atomic E-state index is -1.09. The van der Waals surface area contributed by atoms with Crippen LogP contribution in [0.1, 0.15) is 29.3 Å². The lowest BCUT2D eigenvalue weighted by molar-refractivity contribution is -0.124. The van der Waals surface area contributed by atoms with E-state index in [2.05, 4.69) is 5.32 Å². The number of methoxy groups -OCH3 is 2. The lowest BCUT2D eigenvalue weighted by Crippen LogP contribution is -2.39. The SMILES string of the molecule is CCOC(=O)c1ccc(NC(=O)C[C@@H]2C(=O)N(c3ccc(F)cc3)C(=O)N2CCc2ccc(OC)c(OC)c2)cc1. The maximum Gasteiger partial charge on any atom is 0.338 e. The van der Waals surface area contributed by atoms with E-state index < -0.39 is 35.7 Å². The van der Waals surface area contributed by atoms with Gasteiger partial charge < -0.3 is 24.4 Å². The largest absolute Gasteiger partial charge is 0.493 e. The first kappa shape index (κ1) is 29.1. The predicted molar refractivity (Wildman–Crippen MR) is 149 cm³/mol. The zero-order chi connectivity index (χ0) is 29.5. The summed E-state index contributed by atoms with van der Waals surface area (Å²) in [5.41, 5.74) is 1.77. The zero-order valence-electron chi connectivity index (χ0n) is 22.9. The van der Waals surface area contributed by atoms with Crippen LogP contribution in [-0.2, 0) is 20.7 Å². The average Bonchev–Trinajstić information content (AvgIpc) is 3.20. The molecule has 0 bridgehead atoms. The molecule has 1 aliphatic heterocycles. The quantitative estimate of drug-likeness (QED) is 0.271. The van der Waals surface area contributed by atoms with Crippen molar-refractivity contribution in [3.05, 3.63) is 83.7 Å². The van der Waals surface area contributed by atoms with Gasteiger partial charge in [0.1, 0.15) is 11.9 Å². The average molecular weight is 564 g/mol. The number of amides is 4. The second kappa shape index (κ2) is 12.9. The Morgan fingerprint density at radius 1 is 0.927 bits per heavy atom. The fraction of sp³-hybridized carbons (Fsp3) is 0.267. The second-order valence-electron chi connectivity index (χ2n) is 9.13. The summed E-state index contributed by atoms with van der Waals surface area (Å²) in [6.07, 6.45) is 0.0535. The number of esters is 1. The van der Waals surface area contributed by atoms with E-state index in [9.17, 15) is 23.6 Å². The lowest BCUT2D eigenvalue weighted by Gasteiger charge is -2.22. The van der Waals surface area contributed by atoms with Crippen LogP contribution in [-0.4, -0.2) is 62.1 Å². The summed E-state index contributed by atoms with van der Waals surface area (Å²) in [6.45, 7) is 2.07. The molecule has 41 heavy (non-hydrogen) atoms. The van der Waals surface area contributed by atoms with Crippen molar-refractivity contribution in [2.45, 2.75) is 25.8 Å². The fourth-order valence-corrected chi connectivity index (χ4v) is 4.49. The number of urea groups is 1. The first-order valence-corrected chi connectivity index (χ1v) is 12.9. The molecule has 0 unspecified atom stereocenters. The third-order valence-electron chi connectivity index (χ3n) is 6.55. The van der Waals surface area contributed by atoms with Gasteiger partial charge in [-0.1, -0.05) is 6.07 Å². The Labute approximate surface area is 236 Å². The number of halogens is 1. The molecule has 4 amide bonds. The molecule has 214 valence electrons. The molecular weight excluding hydrogens is 533 g/mol. The molecule has 3 aromatic carbocycles. The second-order valence-corrected chi connectivity index (χ2v) is 9.13. The highest BCUT2D eigenvalue weighted by Crippen LogP contribution is 2.30. The number of hydrogen-bond acceptors (Lipinski definition) is 7. The van der Waals surface area contributed by atoms with Gasteiger partial charge in [0.05, 0.1) is 38.5 Å². The molecule has 0 saturated carbocycles. The van der Waals surface area contributed by atoms with Gasteiger partial charge in [0, 0.05) is 12.2 Å². The molecule has 1 heterocycles. The Hall–Kier alpha value is -4.93. The van der Waals surface area contributed by atoms with Crippen LogP contribution >= 0.6 is 0 Å². The van der Waals surface area contributed by atoms with Crippen molar-refractivity contribution in [1.29, 1.82) is 0 Å². The summed E-state index contributed by atoms with van der Waals surface area (Å²) < 4.78 is 29.1. The molecule has 3 aromatic rings. The van der Waals surface area contributed by atoms with E-state index in [0.29, 0.717) is 29.2 Å². The van der Waals surface area contributed by atoms with E-state index in [1.807, 2.05) is 6.07 Å². The normalized spacial score (nSPS) is 14.7. The van der Waals surface area contributed by atoms with Gasteiger partial charge in [0.15, 0.2) is 11.5 Å². The molecule has 0 aliphatic carbocycles. The summed E-state index contributed by atoms with van der Waals surface area (Å²) in [5.74, 6) is -1.02. The Morgan fingerprint density at radius 3 is 2.24 bits per heavy atom. The number of carbonyl (C=O) groups is 4. The van der Waals surface area contributed by atoms with Gasteiger partial charge in [0.2, 0.25) is 5.91 Å². The molecule has 4 rings (SSSR count). The van der Waals surface area contributed by atoms with E-state index in [1.54, 1.807) is 31.2 Å². The Kier molecular flexibility index (Phi) is 9.18. The van der Waals surface area contributed by atoms with Crippen LogP contribution in [0, 0.1) is 5.82 Å². The topological polar surface area (TPSA) is 114 Å². The van der Waals surface area contributed by atoms with Crippen molar-refractivity contribution in [1.82, 2.24) is 4.90 Å². The van der Waals surface area contributed by atoms with Crippen LogP contribution in [0.2, 0.25) is 0 Å². The molecule has 1 fully saturated rings. The number of nitrogens with zero attached hydrogens (tertiary/aromatic N) is 2. The van der Waals surface area contributed by atoms with E-state index in [1.165, 1.54) is 43.4 Å². The molecular formula is C30H30FN3O7. The number of nitrogens with one attached hydrogen (secondary N) is 1. The van der Waals surface area contributed by atoms with Gasteiger partial charge in [-0.15, -0.1) is 0 Å². The van der Waals surface area contributed by atoms with Crippen LogP contribution < -0.4 is 19.7 Å². The van der Waals surface area contributed by atoms with Gasteiger partial charge in [-0.3, -0.25) is 9.59 Å². The molecule has 0 aromatic heterocycles. The van der Waals surface area contributed by atoms with Crippen molar-refractivity contribution in [3.8, 4) is 11.5 Å². The molecule has 1 saturated heterocycles. The highest BCUT2D eigenvalue weighted by atomic mass is 19.1. The molecule has 1 atom stereocenters. The Morgan fingerprint density at radius 2 is 1.61 bits per heavy atom. The van der Waals surface area contributed by atoms with Crippen LogP contribution in [0.3, 0.4) is 0 Å². The van der Waals surface area contributed by atoms with E-state index in [-0.39, 0.29) is 25.3 Å². The number of carbonyl (C=O) groups excluding carboxylic acids is 4. The van der Waals surface area contributed by atoms with E-state index in [4.69, 9.17) is 14.2 Å². The number of benzene rings is 3. The molecule has 0 spiro atoms. The van der Waals surface area contributed by atoms with Crippen LogP contribution in [0.4, 0.5) is 20.6 Å². The predicted octanol–water partition coefficient (Wildman–Crippen LogP) is 4.43. The summed E-state index contributed by atoms with van der Waals surface area (Å²) in [5, 5.41) is 2.71. The standard InChI is InChI=1S/C30H30FN3O7/c1-4-41-29(37)20-6-10-22(11-7-20)32-27(35)18-24-28(36)34(23-12-8-21(31)9-13-23)30(38)33(24)16-15-19-5-14-25(39-2)26(17-19)40-3/h5-14,17,24H,4,15-16,18H2,1-3H3,(H,32,35)/t24-/m1/s1. The van der Waals surface area contributed by atoms with E-state index >= 15 is 0 Å². The lowest BCUT2D eigenvalue weighted by atomic mass is 10.1. The van der Waals surface area contributed by atoms with Crippen molar-refractivity contribution in [2.24, 2.45) is 0 Å². The van der Waals surface area contributed by atoms with Crippen molar-refractivity contribution in [3.63, 3.8) is 0 Å². The third-order valence-corrected chi connectivity index (χ3v) is 6.55. The summed E-state index contributed by atoms with van der Waals surface area (Å²) in [6, 6.07) is 14.8. The molecule has 0 radical (unpaired) electrons. The molecule has 10 nitrogen and oxygen atoms in total. The minimum Gasteiger partial charge on any atom is -0.493 e. The van der Waals surface area contributed by atoms with Crippen LogP contribution in [0.25, 0.3) is 0 Å². The fourth-order valence-electron chi connectivity index (χ4n) is 4.49. The van der Waals surface area contributed by atoms with Crippen LogP contribution in [0.15, 0.2) is 66.7 Å². The maximum atomic E-state index is 13.5. The van der Waals surface area contributed by atoms with Crippen molar-refractivity contribution >= 4 is 35.2 Å². The van der Waals surface area contributed by atoms with Crippen LogP contribution in [0.5, 0.6) is 11.5 Å². The monoisotopic (exact) mass is 563 g/mol. The van der Waals surface area contributed by atoms with Gasteiger partial charge in [0.25, 0.3) is 5.91 Å². The van der Waals surface area contributed by atoms with Gasteiger partial charge >= 0.3 is 12.0 Å². The van der Waals surface area contributed by atoms with Crippen molar-refractivity contribution in [2.75, 3.05) is 37.6 Å². The highest BCUT2D eigenvalue weighted by molar-refractivity contribution is 6.22. The minimum absolute atomic E-state index is 0.129. The van der Waals surface area contributed by atoms with Gasteiger partial charge in [-0.2, -0.15) is 0 Å². The zero-order valence-corrected chi connectivity index (χ0v) is 22.9. The van der Waals surface area contributed by atoms with Crippen molar-refractivity contribution < 1.29 is 37.8 Å². The first-order chi connectivity index (χ1) is 19.7. The third kappa shape index (κ3) is 6.63.